The lowest BCUT2D eigenvalue weighted by Gasteiger charge is -2.42. The predicted octanol–water partition coefficient (Wildman–Crippen LogP) is 4.12. The fraction of sp³-hybridized carbons (Fsp3) is 0.556. The van der Waals surface area contributed by atoms with E-state index in [1.54, 1.807) is 0 Å². The average molecular weight is 271 g/mol. The molecule has 0 aliphatic carbocycles. The van der Waals surface area contributed by atoms with Crippen LogP contribution in [0.4, 0.5) is 0 Å². The first kappa shape index (κ1) is 13.7. The van der Waals surface area contributed by atoms with E-state index in [-0.39, 0.29) is 0 Å². The van der Waals surface area contributed by atoms with Gasteiger partial charge in [-0.15, -0.1) is 0 Å². The summed E-state index contributed by atoms with van der Waals surface area (Å²) in [7, 11) is 2.28. The van der Waals surface area contributed by atoms with Gasteiger partial charge in [0.1, 0.15) is 5.75 Å². The van der Waals surface area contributed by atoms with E-state index in [9.17, 15) is 0 Å². The van der Waals surface area contributed by atoms with Gasteiger partial charge < -0.3 is 4.74 Å². The Morgan fingerprint density at radius 2 is 2.20 bits per heavy atom. The van der Waals surface area contributed by atoms with Gasteiger partial charge in [0.15, 0.2) is 0 Å². The molecule has 1 aromatic rings. The molecule has 1 aromatic carbocycles. The highest BCUT2D eigenvalue weighted by Crippen LogP contribution is 2.36. The predicted molar refractivity (Wildman–Crippen MR) is 84.0 cm³/mol. The molecule has 2 aliphatic rings. The molecule has 0 amide bonds. The second-order valence-electron chi connectivity index (χ2n) is 6.09. The zero-order chi connectivity index (χ0) is 13.9. The Morgan fingerprint density at radius 1 is 1.30 bits per heavy atom. The van der Waals surface area contributed by atoms with Crippen LogP contribution in [0.3, 0.4) is 0 Å². The number of likely N-dealkylation sites (N-methyl/N-ethyl adjacent to an activating group) is 1. The van der Waals surface area contributed by atoms with Crippen LogP contribution in [0, 0.1) is 0 Å². The van der Waals surface area contributed by atoms with Crippen LogP contribution >= 0.6 is 0 Å². The smallest absolute Gasteiger partial charge is 0.119 e. The highest BCUT2D eigenvalue weighted by atomic mass is 16.5. The number of piperidine rings is 1. The number of hydrogen-bond donors (Lipinski definition) is 0. The largest absolute Gasteiger partial charge is 0.494 e. The van der Waals surface area contributed by atoms with Gasteiger partial charge >= 0.3 is 0 Å². The Bertz CT molecular complexity index is 494. The third-order valence-electron chi connectivity index (χ3n) is 4.66. The number of fused-ring (bicyclic) bond motifs is 2. The number of nitrogens with zero attached hydrogens (tertiary/aromatic N) is 1. The van der Waals surface area contributed by atoms with E-state index < -0.39 is 0 Å². The Kier molecular flexibility index (Phi) is 4.11. The Hall–Kier alpha value is -1.28. The summed E-state index contributed by atoms with van der Waals surface area (Å²) in [6.07, 6.45) is 8.75. The molecular formula is C18H25NO. The molecule has 0 saturated carbocycles. The molecule has 0 N–H and O–H groups in total. The number of rotatable bonds is 4. The van der Waals surface area contributed by atoms with Crippen LogP contribution in [0.25, 0.3) is 5.57 Å². The van der Waals surface area contributed by atoms with Crippen molar-refractivity contribution in [3.05, 3.63) is 35.9 Å². The molecule has 0 aromatic heterocycles. The van der Waals surface area contributed by atoms with Crippen molar-refractivity contribution in [3.8, 4) is 5.75 Å². The molecule has 1 saturated heterocycles. The molecule has 1 fully saturated rings. The quantitative estimate of drug-likeness (QED) is 0.817. The van der Waals surface area contributed by atoms with Gasteiger partial charge in [-0.25, -0.2) is 0 Å². The second kappa shape index (κ2) is 6.01. The van der Waals surface area contributed by atoms with Crippen molar-refractivity contribution in [2.24, 2.45) is 0 Å². The van der Waals surface area contributed by atoms with Crippen LogP contribution in [-0.2, 0) is 0 Å². The van der Waals surface area contributed by atoms with Crippen molar-refractivity contribution in [1.82, 2.24) is 4.90 Å². The fourth-order valence-electron chi connectivity index (χ4n) is 3.46. The summed E-state index contributed by atoms with van der Waals surface area (Å²) >= 11 is 0. The Morgan fingerprint density at radius 3 is 3.00 bits per heavy atom. The van der Waals surface area contributed by atoms with E-state index in [0.29, 0.717) is 6.04 Å². The summed E-state index contributed by atoms with van der Waals surface area (Å²) in [5.74, 6) is 1.01. The summed E-state index contributed by atoms with van der Waals surface area (Å²) in [5, 5.41) is 0. The molecule has 0 spiro atoms. The summed E-state index contributed by atoms with van der Waals surface area (Å²) in [4.78, 5) is 2.56. The van der Waals surface area contributed by atoms with Crippen LogP contribution < -0.4 is 4.74 Å². The fourth-order valence-corrected chi connectivity index (χ4v) is 3.46. The molecule has 20 heavy (non-hydrogen) atoms. The van der Waals surface area contributed by atoms with Gasteiger partial charge in [-0.05, 0) is 56.0 Å². The maximum atomic E-state index is 5.76. The van der Waals surface area contributed by atoms with Gasteiger partial charge in [-0.3, -0.25) is 4.90 Å². The van der Waals surface area contributed by atoms with Crippen LogP contribution in [0.2, 0.25) is 0 Å². The van der Waals surface area contributed by atoms with Crippen molar-refractivity contribution < 1.29 is 4.74 Å². The normalized spacial score (nSPS) is 26.2. The van der Waals surface area contributed by atoms with Crippen LogP contribution in [0.5, 0.6) is 5.75 Å². The highest BCUT2D eigenvalue weighted by Gasteiger charge is 2.31. The molecule has 2 nitrogen and oxygen atoms in total. The Balaban J connectivity index is 1.82. The van der Waals surface area contributed by atoms with Crippen LogP contribution in [0.1, 0.15) is 44.6 Å². The third kappa shape index (κ3) is 2.76. The zero-order valence-electron chi connectivity index (χ0n) is 12.6. The van der Waals surface area contributed by atoms with E-state index in [0.717, 1.165) is 24.8 Å². The molecule has 2 heteroatoms. The maximum Gasteiger partial charge on any atom is 0.119 e. The van der Waals surface area contributed by atoms with Gasteiger partial charge in [-0.2, -0.15) is 0 Å². The minimum atomic E-state index is 0.637. The first-order valence-electron chi connectivity index (χ1n) is 7.94. The molecule has 2 aliphatic heterocycles. The molecule has 2 atom stereocenters. The number of ether oxygens (including phenoxy) is 1. The molecule has 2 bridgehead atoms. The minimum Gasteiger partial charge on any atom is -0.494 e. The van der Waals surface area contributed by atoms with Crippen molar-refractivity contribution in [2.45, 2.75) is 51.1 Å². The molecule has 3 rings (SSSR count). The van der Waals surface area contributed by atoms with Gasteiger partial charge in [0.2, 0.25) is 0 Å². The van der Waals surface area contributed by atoms with E-state index >= 15 is 0 Å². The van der Waals surface area contributed by atoms with Crippen LogP contribution in [-0.4, -0.2) is 30.6 Å². The summed E-state index contributed by atoms with van der Waals surface area (Å²) < 4.78 is 5.76. The maximum absolute atomic E-state index is 5.76. The molecular weight excluding hydrogens is 246 g/mol. The number of benzene rings is 1. The van der Waals surface area contributed by atoms with Crippen molar-refractivity contribution in [2.75, 3.05) is 13.7 Å². The van der Waals surface area contributed by atoms with E-state index in [2.05, 4.69) is 49.2 Å². The average Bonchev–Trinajstić information content (AvgIpc) is 2.45. The summed E-state index contributed by atoms with van der Waals surface area (Å²) in [6, 6.07) is 9.99. The van der Waals surface area contributed by atoms with Crippen LogP contribution in [0.15, 0.2) is 30.3 Å². The molecule has 108 valence electrons. The molecule has 2 heterocycles. The standard InChI is InChI=1S/C18H25NO/c1-3-10-20-18-9-4-6-14(13-18)15-11-16-7-5-8-17(12-15)19(16)2/h4,6,9,11,13,16-17H,3,5,7-8,10,12H2,1-2H3. The van der Waals surface area contributed by atoms with Crippen molar-refractivity contribution in [3.63, 3.8) is 0 Å². The summed E-state index contributed by atoms with van der Waals surface area (Å²) in [6.45, 7) is 2.95. The highest BCUT2D eigenvalue weighted by molar-refractivity contribution is 5.68. The van der Waals surface area contributed by atoms with Crippen molar-refractivity contribution in [1.29, 1.82) is 0 Å². The number of hydrogen-bond acceptors (Lipinski definition) is 2. The first-order chi connectivity index (χ1) is 9.78. The zero-order valence-corrected chi connectivity index (χ0v) is 12.6. The van der Waals surface area contributed by atoms with E-state index in [1.807, 2.05) is 0 Å². The van der Waals surface area contributed by atoms with Crippen molar-refractivity contribution >= 4 is 5.57 Å². The molecule has 0 radical (unpaired) electrons. The van der Waals surface area contributed by atoms with E-state index in [4.69, 9.17) is 4.74 Å². The molecule has 2 unspecified atom stereocenters. The second-order valence-corrected chi connectivity index (χ2v) is 6.09. The SMILES string of the molecule is CCCOc1cccc(C2=CC3CCCC(C2)N3C)c1. The lowest BCUT2D eigenvalue weighted by molar-refractivity contribution is 0.137. The topological polar surface area (TPSA) is 12.5 Å². The van der Waals surface area contributed by atoms with Gasteiger partial charge in [-0.1, -0.05) is 31.6 Å². The Labute approximate surface area is 122 Å². The minimum absolute atomic E-state index is 0.637. The summed E-state index contributed by atoms with van der Waals surface area (Å²) in [5.41, 5.74) is 2.86. The lowest BCUT2D eigenvalue weighted by atomic mass is 9.83. The monoisotopic (exact) mass is 271 g/mol. The van der Waals surface area contributed by atoms with E-state index in [1.165, 1.54) is 36.8 Å². The lowest BCUT2D eigenvalue weighted by Crippen LogP contribution is -2.45. The third-order valence-corrected chi connectivity index (χ3v) is 4.66. The van der Waals surface area contributed by atoms with Gasteiger partial charge in [0.25, 0.3) is 0 Å². The first-order valence-corrected chi connectivity index (χ1v) is 7.94. The van der Waals surface area contributed by atoms with Gasteiger partial charge in [0, 0.05) is 12.1 Å². The van der Waals surface area contributed by atoms with Gasteiger partial charge in [0.05, 0.1) is 6.61 Å².